The lowest BCUT2D eigenvalue weighted by Crippen LogP contribution is -2.70. The Kier molecular flexibility index (Phi) is 40.5. The van der Waals surface area contributed by atoms with Gasteiger partial charge >= 0.3 is 5.97 Å². The first-order chi connectivity index (χ1) is 41.4. The third kappa shape index (κ3) is 27.9. The van der Waals surface area contributed by atoms with Gasteiger partial charge in [-0.3, -0.25) is 9.59 Å². The SMILES string of the molecule is CCCCCCCCC=CCCCCCCCCCCCC(=O)N[C@@H](CO[C@@H]1O[C@H](CO)[C@@H](O[C@@H]2O[C@H](CO)[C@H](O)[C@H](O[C@]3(C(=O)O)C[C@H](O)[C@@H](NC(C)=O)C([C@H](O)[C@H](O)CO)O3)[C@H]2O)[C@H](O)[C@H]1O)[C@H](O)CCCCCCCCCCCCCCC. The zero-order chi connectivity index (χ0) is 63.3. The van der Waals surface area contributed by atoms with Crippen molar-refractivity contribution in [1.29, 1.82) is 0 Å². The van der Waals surface area contributed by atoms with Crippen LogP contribution in [-0.4, -0.2) is 215 Å². The van der Waals surface area contributed by atoms with Crippen LogP contribution in [0, 0.1) is 0 Å². The van der Waals surface area contributed by atoms with E-state index in [0.717, 1.165) is 64.7 Å². The second-order valence-corrected chi connectivity index (χ2v) is 24.3. The molecule has 0 aromatic rings. The summed E-state index contributed by atoms with van der Waals surface area (Å²) in [6.07, 6.45) is 10.8. The number of carbonyl (C=O) groups is 3. The third-order valence-corrected chi connectivity index (χ3v) is 17.0. The number of hydrogen-bond acceptors (Lipinski definition) is 20. The highest BCUT2D eigenvalue weighted by atomic mass is 16.8. The van der Waals surface area contributed by atoms with Crippen LogP contribution in [0.2, 0.25) is 0 Å². The number of unbranched alkanes of at least 4 members (excludes halogenated alkanes) is 27. The van der Waals surface area contributed by atoms with Gasteiger partial charge in [-0.05, 0) is 38.5 Å². The Hall–Kier alpha value is -2.53. The first-order valence-corrected chi connectivity index (χ1v) is 33.0. The highest BCUT2D eigenvalue weighted by Gasteiger charge is 2.60. The van der Waals surface area contributed by atoms with E-state index >= 15 is 0 Å². The molecule has 0 aromatic carbocycles. The molecule has 23 nitrogen and oxygen atoms in total. The number of carboxylic acid groups (broad SMARTS) is 1. The lowest BCUT2D eigenvalue weighted by atomic mass is 9.88. The Morgan fingerprint density at radius 3 is 1.57 bits per heavy atom. The molecule has 23 heteroatoms. The fourth-order valence-electron chi connectivity index (χ4n) is 11.6. The summed E-state index contributed by atoms with van der Waals surface area (Å²) >= 11 is 0. The van der Waals surface area contributed by atoms with Gasteiger partial charge in [-0.15, -0.1) is 0 Å². The second kappa shape index (κ2) is 44.9. The van der Waals surface area contributed by atoms with Crippen LogP contribution >= 0.6 is 0 Å². The van der Waals surface area contributed by atoms with E-state index in [1.54, 1.807) is 0 Å². The number of aliphatic hydroxyl groups excluding tert-OH is 11. The van der Waals surface area contributed by atoms with Crippen LogP contribution in [0.5, 0.6) is 0 Å². The molecule has 0 bridgehead atoms. The third-order valence-electron chi connectivity index (χ3n) is 17.0. The fourth-order valence-corrected chi connectivity index (χ4v) is 11.6. The van der Waals surface area contributed by atoms with E-state index in [1.165, 1.54) is 122 Å². The van der Waals surface area contributed by atoms with E-state index in [1.807, 2.05) is 0 Å². The van der Waals surface area contributed by atoms with Crippen molar-refractivity contribution in [1.82, 2.24) is 10.6 Å². The molecule has 0 radical (unpaired) electrons. The molecule has 14 N–H and O–H groups in total. The quantitative estimate of drug-likeness (QED) is 0.0289. The van der Waals surface area contributed by atoms with Gasteiger partial charge in [0.25, 0.3) is 5.79 Å². The number of rotatable bonds is 49. The van der Waals surface area contributed by atoms with E-state index in [9.17, 15) is 75.7 Å². The predicted octanol–water partition coefficient (Wildman–Crippen LogP) is 4.73. The number of ether oxygens (including phenoxy) is 6. The minimum atomic E-state index is -3.08. The minimum absolute atomic E-state index is 0.222. The molecule has 3 heterocycles. The second-order valence-electron chi connectivity index (χ2n) is 24.3. The van der Waals surface area contributed by atoms with Crippen molar-refractivity contribution in [2.75, 3.05) is 26.4 Å². The lowest BCUT2D eigenvalue weighted by Gasteiger charge is -2.50. The maximum atomic E-state index is 13.4. The lowest BCUT2D eigenvalue weighted by molar-refractivity contribution is -0.386. The van der Waals surface area contributed by atoms with Gasteiger partial charge in [-0.25, -0.2) is 4.79 Å². The van der Waals surface area contributed by atoms with Crippen LogP contribution in [0.25, 0.3) is 0 Å². The van der Waals surface area contributed by atoms with Crippen LogP contribution in [0.15, 0.2) is 12.2 Å². The molecular weight excluding hydrogens is 1120 g/mol. The van der Waals surface area contributed by atoms with Gasteiger partial charge in [0.15, 0.2) is 12.6 Å². The van der Waals surface area contributed by atoms with Gasteiger partial charge in [0, 0.05) is 19.8 Å². The molecule has 3 aliphatic rings. The van der Waals surface area contributed by atoms with Gasteiger partial charge in [0.1, 0.15) is 67.1 Å². The van der Waals surface area contributed by atoms with Crippen molar-refractivity contribution in [2.24, 2.45) is 0 Å². The number of allylic oxidation sites excluding steroid dienone is 2. The van der Waals surface area contributed by atoms with E-state index in [2.05, 4.69) is 36.6 Å². The molecule has 3 rings (SSSR count). The van der Waals surface area contributed by atoms with Crippen molar-refractivity contribution in [3.63, 3.8) is 0 Å². The molecular formula is C63H116N2O21. The van der Waals surface area contributed by atoms with Crippen LogP contribution < -0.4 is 10.6 Å². The first kappa shape index (κ1) is 77.7. The number of hydrogen-bond donors (Lipinski definition) is 14. The van der Waals surface area contributed by atoms with Crippen molar-refractivity contribution in [3.05, 3.63) is 12.2 Å². The van der Waals surface area contributed by atoms with Gasteiger partial charge in [-0.2, -0.15) is 0 Å². The predicted molar refractivity (Wildman–Crippen MR) is 320 cm³/mol. The number of aliphatic carboxylic acids is 1. The Balaban J connectivity index is 1.61. The summed E-state index contributed by atoms with van der Waals surface area (Å²) in [4.78, 5) is 38.5. The first-order valence-electron chi connectivity index (χ1n) is 33.0. The summed E-state index contributed by atoms with van der Waals surface area (Å²) in [7, 11) is 0. The Morgan fingerprint density at radius 2 is 1.08 bits per heavy atom. The highest BCUT2D eigenvalue weighted by molar-refractivity contribution is 5.77. The number of aliphatic hydroxyl groups is 11. The number of carbonyl (C=O) groups excluding carboxylic acids is 2. The molecule has 1 unspecified atom stereocenters. The van der Waals surface area contributed by atoms with Gasteiger partial charge < -0.3 is 100 Å². The van der Waals surface area contributed by atoms with Crippen LogP contribution in [0.4, 0.5) is 0 Å². The average molecular weight is 1240 g/mol. The molecule has 3 aliphatic heterocycles. The molecule has 2 amide bonds. The Morgan fingerprint density at radius 1 is 0.593 bits per heavy atom. The van der Waals surface area contributed by atoms with E-state index in [-0.39, 0.29) is 18.9 Å². The number of nitrogens with one attached hydrogen (secondary N) is 2. The summed E-state index contributed by atoms with van der Waals surface area (Å²) in [6, 6.07) is -2.53. The Bertz CT molecular complexity index is 1810. The maximum absolute atomic E-state index is 13.4. The summed E-state index contributed by atoms with van der Waals surface area (Å²) in [5, 5.41) is 136. The molecule has 0 aliphatic carbocycles. The molecule has 3 saturated heterocycles. The molecule has 86 heavy (non-hydrogen) atoms. The van der Waals surface area contributed by atoms with Crippen molar-refractivity contribution < 1.29 is 104 Å². The van der Waals surface area contributed by atoms with Crippen LogP contribution in [0.3, 0.4) is 0 Å². The zero-order valence-corrected chi connectivity index (χ0v) is 52.2. The number of carboxylic acids is 1. The summed E-state index contributed by atoms with van der Waals surface area (Å²) in [6.45, 7) is 2.18. The fraction of sp³-hybridized carbons (Fsp3) is 0.921. The minimum Gasteiger partial charge on any atom is -0.477 e. The molecule has 0 saturated carbocycles. The summed E-state index contributed by atoms with van der Waals surface area (Å²) in [5.74, 6) is -6.10. The zero-order valence-electron chi connectivity index (χ0n) is 52.2. The average Bonchev–Trinajstić information content (AvgIpc) is 2.74. The molecule has 504 valence electrons. The largest absolute Gasteiger partial charge is 0.477 e. The highest BCUT2D eigenvalue weighted by Crippen LogP contribution is 2.39. The standard InChI is InChI=1S/C63H116N2O21/c1-4-6-8-10-12-14-16-18-19-20-21-22-23-25-27-29-31-33-35-37-50(73)65-44(45(70)36-34-32-30-28-26-24-17-15-13-11-9-7-5-2)42-81-60-55(77)54(76)57(49(41-68)83-60)84-61-56(78)59(53(75)48(40-67)82-61)86-63(62(79)80)38-46(71)51(64-43(3)69)58(85-63)52(74)47(72)39-66/h18-19,44-49,51-61,66-68,70-72,74-78H,4-17,20-42H2,1-3H3,(H,64,69)(H,65,73)(H,79,80)/t44-,45+,46-,47+,48+,49+,51+,52+,53-,54+,55+,56+,57+,58?,59-,60+,61-,63-/m0/s1. The number of amides is 2. The van der Waals surface area contributed by atoms with E-state index in [0.29, 0.717) is 19.3 Å². The normalized spacial score (nSPS) is 29.4. The smallest absolute Gasteiger partial charge is 0.364 e. The molecule has 0 spiro atoms. The van der Waals surface area contributed by atoms with Crippen LogP contribution in [0.1, 0.15) is 233 Å². The van der Waals surface area contributed by atoms with Gasteiger partial charge in [-0.1, -0.05) is 187 Å². The van der Waals surface area contributed by atoms with E-state index < -0.39 is 148 Å². The Labute approximate surface area is 511 Å². The monoisotopic (exact) mass is 1240 g/mol. The van der Waals surface area contributed by atoms with Gasteiger partial charge in [0.05, 0.1) is 50.7 Å². The summed E-state index contributed by atoms with van der Waals surface area (Å²) < 4.78 is 34.8. The maximum Gasteiger partial charge on any atom is 0.364 e. The van der Waals surface area contributed by atoms with Crippen LogP contribution in [-0.2, 0) is 42.8 Å². The van der Waals surface area contributed by atoms with Crippen molar-refractivity contribution >= 4 is 17.8 Å². The van der Waals surface area contributed by atoms with E-state index in [4.69, 9.17) is 28.4 Å². The molecule has 0 aromatic heterocycles. The molecule has 18 atom stereocenters. The van der Waals surface area contributed by atoms with Crippen molar-refractivity contribution in [2.45, 2.75) is 342 Å². The topological polar surface area (TPSA) is 373 Å². The molecule has 3 fully saturated rings. The van der Waals surface area contributed by atoms with Crippen molar-refractivity contribution in [3.8, 4) is 0 Å². The summed E-state index contributed by atoms with van der Waals surface area (Å²) in [5.41, 5.74) is 0. The van der Waals surface area contributed by atoms with Gasteiger partial charge in [0.2, 0.25) is 11.8 Å².